The molecule has 16 heavy (non-hydrogen) atoms. The van der Waals surface area contributed by atoms with E-state index in [0.29, 0.717) is 0 Å². The molecule has 0 saturated carbocycles. The summed E-state index contributed by atoms with van der Waals surface area (Å²) in [7, 11) is 0. The minimum Gasteiger partial charge on any atom is -0.313 e. The minimum absolute atomic E-state index is 0.737. The molecule has 1 heterocycles. The maximum absolute atomic E-state index is 4.61. The second-order valence-corrected chi connectivity index (χ2v) is 4.84. The van der Waals surface area contributed by atoms with Crippen molar-refractivity contribution in [2.45, 2.75) is 54.1 Å². The van der Waals surface area contributed by atoms with Gasteiger partial charge in [-0.1, -0.05) is 20.8 Å². The van der Waals surface area contributed by atoms with Crippen molar-refractivity contribution >= 4 is 0 Å². The van der Waals surface area contributed by atoms with E-state index in [-0.39, 0.29) is 0 Å². The Morgan fingerprint density at radius 2 is 2.00 bits per heavy atom. The molecule has 92 valence electrons. The average molecular weight is 223 g/mol. The first-order chi connectivity index (χ1) is 7.56. The van der Waals surface area contributed by atoms with Gasteiger partial charge in [0.1, 0.15) is 0 Å². The highest BCUT2D eigenvalue weighted by Gasteiger charge is 2.10. The molecule has 0 atom stereocenters. The largest absolute Gasteiger partial charge is 0.313 e. The lowest BCUT2D eigenvalue weighted by atomic mass is 10.1. The third-order valence-corrected chi connectivity index (χ3v) is 3.00. The van der Waals surface area contributed by atoms with Crippen molar-refractivity contribution in [2.24, 2.45) is 5.92 Å². The smallest absolute Gasteiger partial charge is 0.0641 e. The number of aryl methyl sites for hydroxylation is 2. The lowest BCUT2D eigenvalue weighted by molar-refractivity contribution is 0.478. The lowest BCUT2D eigenvalue weighted by Gasteiger charge is -2.07. The third-order valence-electron chi connectivity index (χ3n) is 3.00. The fourth-order valence-corrected chi connectivity index (χ4v) is 1.84. The van der Waals surface area contributed by atoms with Gasteiger partial charge in [-0.2, -0.15) is 5.10 Å². The molecule has 1 aromatic heterocycles. The van der Waals surface area contributed by atoms with Crippen LogP contribution in [-0.4, -0.2) is 16.3 Å². The third kappa shape index (κ3) is 3.34. The Morgan fingerprint density at radius 1 is 1.31 bits per heavy atom. The van der Waals surface area contributed by atoms with E-state index < -0.39 is 0 Å². The molecule has 0 aromatic carbocycles. The Kier molecular flexibility index (Phi) is 5.00. The van der Waals surface area contributed by atoms with Crippen molar-refractivity contribution in [3.63, 3.8) is 0 Å². The zero-order valence-electron chi connectivity index (χ0n) is 11.3. The average Bonchev–Trinajstić information content (AvgIpc) is 2.49. The van der Waals surface area contributed by atoms with Gasteiger partial charge in [-0.15, -0.1) is 0 Å². The highest BCUT2D eigenvalue weighted by molar-refractivity contribution is 5.24. The second kappa shape index (κ2) is 6.04. The molecule has 0 radical (unpaired) electrons. The minimum atomic E-state index is 0.737. The van der Waals surface area contributed by atoms with E-state index in [1.54, 1.807) is 0 Å². The van der Waals surface area contributed by atoms with Crippen LogP contribution in [-0.2, 0) is 13.1 Å². The molecule has 0 bridgehead atoms. The van der Waals surface area contributed by atoms with Gasteiger partial charge >= 0.3 is 0 Å². The standard InChI is InChI=1S/C13H25N3/c1-6-14-9-13-11(4)15-16(12(13)5)8-7-10(2)3/h10,14H,6-9H2,1-5H3. The van der Waals surface area contributed by atoms with Crippen LogP contribution in [0, 0.1) is 19.8 Å². The summed E-state index contributed by atoms with van der Waals surface area (Å²) in [5.74, 6) is 0.737. The number of nitrogens with one attached hydrogen (secondary N) is 1. The van der Waals surface area contributed by atoms with Gasteiger partial charge in [-0.3, -0.25) is 4.68 Å². The van der Waals surface area contributed by atoms with Crippen molar-refractivity contribution in [3.8, 4) is 0 Å². The van der Waals surface area contributed by atoms with Crippen molar-refractivity contribution in [3.05, 3.63) is 17.0 Å². The van der Waals surface area contributed by atoms with Crippen molar-refractivity contribution < 1.29 is 0 Å². The number of aromatic nitrogens is 2. The predicted octanol–water partition coefficient (Wildman–Crippen LogP) is 2.66. The first-order valence-electron chi connectivity index (χ1n) is 6.29. The molecule has 0 aliphatic heterocycles. The van der Waals surface area contributed by atoms with Gasteiger partial charge in [0.05, 0.1) is 5.69 Å². The quantitative estimate of drug-likeness (QED) is 0.803. The molecule has 3 heteroatoms. The molecular weight excluding hydrogens is 198 g/mol. The predicted molar refractivity (Wildman–Crippen MR) is 68.5 cm³/mol. The Morgan fingerprint density at radius 3 is 2.56 bits per heavy atom. The highest BCUT2D eigenvalue weighted by Crippen LogP contribution is 2.14. The van der Waals surface area contributed by atoms with Crippen molar-refractivity contribution in [1.29, 1.82) is 0 Å². The van der Waals surface area contributed by atoms with Gasteiger partial charge in [-0.25, -0.2) is 0 Å². The summed E-state index contributed by atoms with van der Waals surface area (Å²) in [6, 6.07) is 0. The van der Waals surface area contributed by atoms with Crippen LogP contribution in [0.1, 0.15) is 44.1 Å². The SMILES string of the molecule is CCNCc1c(C)nn(CCC(C)C)c1C. The second-order valence-electron chi connectivity index (χ2n) is 4.84. The zero-order chi connectivity index (χ0) is 12.1. The van der Waals surface area contributed by atoms with Gasteiger partial charge in [0.2, 0.25) is 0 Å². The molecule has 0 amide bonds. The normalized spacial score (nSPS) is 11.4. The van der Waals surface area contributed by atoms with Gasteiger partial charge in [0, 0.05) is 24.3 Å². The van der Waals surface area contributed by atoms with E-state index in [9.17, 15) is 0 Å². The van der Waals surface area contributed by atoms with Crippen LogP contribution in [0.5, 0.6) is 0 Å². The van der Waals surface area contributed by atoms with E-state index in [4.69, 9.17) is 0 Å². The topological polar surface area (TPSA) is 29.9 Å². The van der Waals surface area contributed by atoms with E-state index in [1.165, 1.54) is 23.4 Å². The van der Waals surface area contributed by atoms with Gasteiger partial charge in [-0.05, 0) is 32.7 Å². The van der Waals surface area contributed by atoms with E-state index >= 15 is 0 Å². The summed E-state index contributed by atoms with van der Waals surface area (Å²) in [6.07, 6.45) is 1.20. The monoisotopic (exact) mass is 223 g/mol. The van der Waals surface area contributed by atoms with Crippen LogP contribution < -0.4 is 5.32 Å². The fraction of sp³-hybridized carbons (Fsp3) is 0.769. The summed E-state index contributed by atoms with van der Waals surface area (Å²) in [4.78, 5) is 0. The first-order valence-corrected chi connectivity index (χ1v) is 6.29. The first kappa shape index (κ1) is 13.2. The Labute approximate surface area is 99.2 Å². The number of rotatable bonds is 6. The van der Waals surface area contributed by atoms with Crippen LogP contribution in [0.15, 0.2) is 0 Å². The number of hydrogen-bond donors (Lipinski definition) is 1. The van der Waals surface area contributed by atoms with Crippen LogP contribution in [0.3, 0.4) is 0 Å². The molecule has 1 N–H and O–H groups in total. The lowest BCUT2D eigenvalue weighted by Crippen LogP contribution is -2.13. The highest BCUT2D eigenvalue weighted by atomic mass is 15.3. The molecule has 0 unspecified atom stereocenters. The maximum Gasteiger partial charge on any atom is 0.0641 e. The molecule has 0 aliphatic carbocycles. The molecule has 1 rings (SSSR count). The molecule has 0 aliphatic rings. The molecule has 0 spiro atoms. The molecular formula is C13H25N3. The van der Waals surface area contributed by atoms with Crippen LogP contribution >= 0.6 is 0 Å². The molecule has 0 fully saturated rings. The van der Waals surface area contributed by atoms with Gasteiger partial charge in [0.15, 0.2) is 0 Å². The zero-order valence-corrected chi connectivity index (χ0v) is 11.3. The molecule has 0 saturated heterocycles. The van der Waals surface area contributed by atoms with Crippen LogP contribution in [0.4, 0.5) is 0 Å². The van der Waals surface area contributed by atoms with E-state index in [1.807, 2.05) is 0 Å². The summed E-state index contributed by atoms with van der Waals surface area (Å²) in [6.45, 7) is 13.9. The number of nitrogens with zero attached hydrogens (tertiary/aromatic N) is 2. The van der Waals surface area contributed by atoms with Crippen molar-refractivity contribution in [2.75, 3.05) is 6.54 Å². The summed E-state index contributed by atoms with van der Waals surface area (Å²) in [5, 5.41) is 7.98. The summed E-state index contributed by atoms with van der Waals surface area (Å²) < 4.78 is 2.15. The Balaban J connectivity index is 2.72. The van der Waals surface area contributed by atoms with Gasteiger partial charge < -0.3 is 5.32 Å². The maximum atomic E-state index is 4.61. The Hall–Kier alpha value is -0.830. The number of hydrogen-bond acceptors (Lipinski definition) is 2. The summed E-state index contributed by atoms with van der Waals surface area (Å²) >= 11 is 0. The fourth-order valence-electron chi connectivity index (χ4n) is 1.84. The van der Waals surface area contributed by atoms with Crippen molar-refractivity contribution in [1.82, 2.24) is 15.1 Å². The Bertz CT molecular complexity index is 326. The van der Waals surface area contributed by atoms with Crippen LogP contribution in [0.25, 0.3) is 0 Å². The molecule has 3 nitrogen and oxygen atoms in total. The van der Waals surface area contributed by atoms with Crippen LogP contribution in [0.2, 0.25) is 0 Å². The van der Waals surface area contributed by atoms with Gasteiger partial charge in [0.25, 0.3) is 0 Å². The summed E-state index contributed by atoms with van der Waals surface area (Å²) in [5.41, 5.74) is 3.85. The molecule has 1 aromatic rings. The van der Waals surface area contributed by atoms with E-state index in [2.05, 4.69) is 49.7 Å². The van der Waals surface area contributed by atoms with E-state index in [0.717, 1.165) is 25.6 Å².